The lowest BCUT2D eigenvalue weighted by molar-refractivity contribution is 1.48. The van der Waals surface area contributed by atoms with Gasteiger partial charge in [0.05, 0.1) is 11.6 Å². The van der Waals surface area contributed by atoms with E-state index in [1.54, 1.807) is 34.0 Å². The van der Waals surface area contributed by atoms with Gasteiger partial charge in [0.15, 0.2) is 0 Å². The number of benzene rings is 1. The molecular weight excluding hydrogens is 643 g/mol. The number of nitriles is 1. The van der Waals surface area contributed by atoms with Gasteiger partial charge in [0.2, 0.25) is 0 Å². The summed E-state index contributed by atoms with van der Waals surface area (Å²) < 4.78 is 0. The molecule has 45 heavy (non-hydrogen) atoms. The second-order valence-corrected chi connectivity index (χ2v) is 16.3. The second kappa shape index (κ2) is 14.8. The Labute approximate surface area is 285 Å². The molecule has 0 unspecified atom stereocenters. The van der Waals surface area contributed by atoms with Gasteiger partial charge in [-0.05, 0) is 140 Å². The van der Waals surface area contributed by atoms with Gasteiger partial charge < -0.3 is 0 Å². The highest BCUT2D eigenvalue weighted by Gasteiger charge is 2.05. The summed E-state index contributed by atoms with van der Waals surface area (Å²) in [6, 6.07) is 29.5. The van der Waals surface area contributed by atoms with Crippen molar-refractivity contribution in [1.29, 1.82) is 5.26 Å². The highest BCUT2D eigenvalue weighted by molar-refractivity contribution is 7.16. The molecule has 0 radical (unpaired) electrons. The number of nitrogens with zero attached hydrogens (tertiary/aromatic N) is 1. The van der Waals surface area contributed by atoms with Crippen LogP contribution in [0.2, 0.25) is 0 Å². The van der Waals surface area contributed by atoms with E-state index in [1.165, 1.54) is 54.3 Å². The summed E-state index contributed by atoms with van der Waals surface area (Å²) in [5, 5.41) is 9.14. The van der Waals surface area contributed by atoms with Crippen LogP contribution in [0.5, 0.6) is 0 Å². The fourth-order valence-corrected chi connectivity index (χ4v) is 8.62. The molecule has 0 atom stereocenters. The Morgan fingerprint density at radius 3 is 1.36 bits per heavy atom. The van der Waals surface area contributed by atoms with Crippen molar-refractivity contribution < 1.29 is 0 Å². The maximum atomic E-state index is 9.14. The normalized spacial score (nSPS) is 12.2. The first-order chi connectivity index (χ1) is 22.0. The smallest absolute Gasteiger partial charge is 0.0991 e. The summed E-state index contributed by atoms with van der Waals surface area (Å²) >= 11 is 9.00. The number of aryl methyl sites for hydroxylation is 2. The van der Waals surface area contributed by atoms with Crippen LogP contribution in [-0.2, 0) is 0 Å². The molecule has 0 saturated heterocycles. The minimum absolute atomic E-state index is 0.670. The van der Waals surface area contributed by atoms with Crippen LogP contribution in [-0.4, -0.2) is 0 Å². The standard InChI is InChI=1S/C39H29NS5/c1-27-3-11-32(41-27)13-15-34-17-18-36(43-34)21-22-38-25-31(10-9-29-5-7-30(26-40)8-6-29)39(45-38)24-23-37-20-19-35(44-37)16-14-33-12-4-28(2)42-33/h3-25H,1-2H3/b10-9+,15-13+,16-14+,22-21+,24-23+. The highest BCUT2D eigenvalue weighted by Crippen LogP contribution is 2.31. The van der Waals surface area contributed by atoms with Crippen molar-refractivity contribution in [3.8, 4) is 6.07 Å². The third-order valence-corrected chi connectivity index (χ3v) is 11.8. The van der Waals surface area contributed by atoms with Gasteiger partial charge in [-0.3, -0.25) is 0 Å². The van der Waals surface area contributed by atoms with Crippen LogP contribution in [0, 0.1) is 25.2 Å². The molecule has 0 saturated carbocycles. The molecule has 1 aromatic carbocycles. The summed E-state index contributed by atoms with van der Waals surface area (Å²) in [4.78, 5) is 12.6. The van der Waals surface area contributed by atoms with Crippen molar-refractivity contribution in [3.05, 3.63) is 144 Å². The van der Waals surface area contributed by atoms with Crippen molar-refractivity contribution in [2.75, 3.05) is 0 Å². The van der Waals surface area contributed by atoms with Gasteiger partial charge in [0, 0.05) is 48.8 Å². The lowest BCUT2D eigenvalue weighted by Crippen LogP contribution is -1.75. The molecule has 6 aromatic rings. The monoisotopic (exact) mass is 671 g/mol. The first-order valence-corrected chi connectivity index (χ1v) is 18.4. The predicted octanol–water partition coefficient (Wildman–Crippen LogP) is 13.3. The quantitative estimate of drug-likeness (QED) is 0.142. The van der Waals surface area contributed by atoms with E-state index < -0.39 is 0 Å². The zero-order chi connectivity index (χ0) is 31.0. The number of hydrogen-bond acceptors (Lipinski definition) is 6. The van der Waals surface area contributed by atoms with Gasteiger partial charge in [0.1, 0.15) is 0 Å². The molecular formula is C39H29NS5. The molecule has 0 aliphatic carbocycles. The van der Waals surface area contributed by atoms with Gasteiger partial charge in [-0.1, -0.05) is 24.3 Å². The van der Waals surface area contributed by atoms with E-state index in [4.69, 9.17) is 5.26 Å². The van der Waals surface area contributed by atoms with Crippen LogP contribution in [0.1, 0.15) is 65.5 Å². The molecule has 0 bridgehead atoms. The van der Waals surface area contributed by atoms with Crippen LogP contribution >= 0.6 is 56.7 Å². The maximum absolute atomic E-state index is 9.14. The molecule has 0 aliphatic heterocycles. The summed E-state index contributed by atoms with van der Waals surface area (Å²) in [5.41, 5.74) is 2.91. The Morgan fingerprint density at radius 2 is 0.889 bits per heavy atom. The molecule has 220 valence electrons. The summed E-state index contributed by atoms with van der Waals surface area (Å²) in [6.07, 6.45) is 21.9. The Balaban J connectivity index is 1.20. The second-order valence-electron chi connectivity index (χ2n) is 10.2. The van der Waals surface area contributed by atoms with E-state index in [0.717, 1.165) is 5.56 Å². The van der Waals surface area contributed by atoms with Gasteiger partial charge in [-0.25, -0.2) is 0 Å². The van der Waals surface area contributed by atoms with E-state index in [1.807, 2.05) is 46.9 Å². The van der Waals surface area contributed by atoms with Gasteiger partial charge in [-0.2, -0.15) is 5.26 Å². The van der Waals surface area contributed by atoms with Crippen molar-refractivity contribution >= 4 is 117 Å². The average Bonchev–Trinajstić information content (AvgIpc) is 3.89. The Morgan fingerprint density at radius 1 is 0.444 bits per heavy atom. The van der Waals surface area contributed by atoms with Crippen LogP contribution in [0.4, 0.5) is 0 Å². The van der Waals surface area contributed by atoms with E-state index in [-0.39, 0.29) is 0 Å². The highest BCUT2D eigenvalue weighted by atomic mass is 32.1. The van der Waals surface area contributed by atoms with Crippen molar-refractivity contribution in [2.45, 2.75) is 13.8 Å². The Kier molecular flexibility index (Phi) is 10.2. The van der Waals surface area contributed by atoms with E-state index in [2.05, 4.69) is 135 Å². The zero-order valence-corrected chi connectivity index (χ0v) is 28.8. The molecule has 0 spiro atoms. The molecule has 6 rings (SSSR count). The SMILES string of the molecule is Cc1ccc(/C=C/c2ccc(/C=C/c3cc(/C=C/c4ccc(C#N)cc4)c(/C=C/c4ccc(/C=C/c5ccc(C)s5)s4)s3)s2)s1. The fourth-order valence-electron chi connectivity index (χ4n) is 4.47. The Hall–Kier alpha value is -4.09. The zero-order valence-electron chi connectivity index (χ0n) is 24.8. The molecule has 0 amide bonds. The summed E-state index contributed by atoms with van der Waals surface area (Å²) in [5.74, 6) is 0. The maximum Gasteiger partial charge on any atom is 0.0991 e. The molecule has 5 heterocycles. The third-order valence-electron chi connectivity index (χ3n) is 6.76. The third kappa shape index (κ3) is 8.76. The van der Waals surface area contributed by atoms with Gasteiger partial charge in [0.25, 0.3) is 0 Å². The van der Waals surface area contributed by atoms with Crippen LogP contribution in [0.25, 0.3) is 60.8 Å². The average molecular weight is 672 g/mol. The van der Waals surface area contributed by atoms with Crippen LogP contribution < -0.4 is 0 Å². The van der Waals surface area contributed by atoms with E-state index in [0.29, 0.717) is 5.56 Å². The van der Waals surface area contributed by atoms with Crippen molar-refractivity contribution in [3.63, 3.8) is 0 Å². The molecule has 0 N–H and O–H groups in total. The topological polar surface area (TPSA) is 23.8 Å². The largest absolute Gasteiger partial charge is 0.192 e. The molecule has 5 aromatic heterocycles. The lowest BCUT2D eigenvalue weighted by Gasteiger charge is -1.95. The minimum atomic E-state index is 0.670. The van der Waals surface area contributed by atoms with Crippen molar-refractivity contribution in [2.24, 2.45) is 0 Å². The lowest BCUT2D eigenvalue weighted by atomic mass is 10.1. The molecule has 1 nitrogen and oxygen atoms in total. The summed E-state index contributed by atoms with van der Waals surface area (Å²) in [7, 11) is 0. The van der Waals surface area contributed by atoms with Gasteiger partial charge in [-0.15, -0.1) is 56.7 Å². The predicted molar refractivity (Wildman–Crippen MR) is 207 cm³/mol. The fraction of sp³-hybridized carbons (Fsp3) is 0.0513. The Bertz CT molecular complexity index is 2090. The van der Waals surface area contributed by atoms with Crippen molar-refractivity contribution in [1.82, 2.24) is 0 Å². The molecule has 6 heteroatoms. The molecule has 0 aliphatic rings. The number of thiophene rings is 5. The van der Waals surface area contributed by atoms with E-state index in [9.17, 15) is 0 Å². The minimum Gasteiger partial charge on any atom is -0.192 e. The van der Waals surface area contributed by atoms with Gasteiger partial charge >= 0.3 is 0 Å². The van der Waals surface area contributed by atoms with Crippen LogP contribution in [0.15, 0.2) is 78.9 Å². The number of hydrogen-bond donors (Lipinski definition) is 0. The van der Waals surface area contributed by atoms with Crippen LogP contribution in [0.3, 0.4) is 0 Å². The first-order valence-electron chi connectivity index (χ1n) is 14.4. The van der Waals surface area contributed by atoms with E-state index >= 15 is 0 Å². The first kappa shape index (κ1) is 30.9. The number of rotatable bonds is 10. The molecule has 0 fully saturated rings. The summed E-state index contributed by atoms with van der Waals surface area (Å²) in [6.45, 7) is 4.28.